The molecule has 0 aliphatic rings. The van der Waals surface area contributed by atoms with E-state index in [1.54, 1.807) is 6.07 Å². The molecule has 78 valence electrons. The number of hydrogen-bond acceptors (Lipinski definition) is 1. The van der Waals surface area contributed by atoms with Crippen LogP contribution < -0.4 is 5.73 Å². The van der Waals surface area contributed by atoms with Crippen molar-refractivity contribution in [3.05, 3.63) is 34.6 Å². The first-order valence-electron chi connectivity index (χ1n) is 4.77. The van der Waals surface area contributed by atoms with Crippen LogP contribution in [0.15, 0.2) is 18.2 Å². The van der Waals surface area contributed by atoms with E-state index in [1.807, 2.05) is 6.07 Å². The Morgan fingerprint density at radius 1 is 1.50 bits per heavy atom. The Kier molecular flexibility index (Phi) is 4.36. The van der Waals surface area contributed by atoms with E-state index in [2.05, 4.69) is 6.92 Å². The second kappa shape index (κ2) is 5.32. The SMILES string of the molecule is CC(CCN)Cc1ccc(Cl)c(F)c1. The van der Waals surface area contributed by atoms with Gasteiger partial charge in [0.25, 0.3) is 0 Å². The predicted molar refractivity (Wildman–Crippen MR) is 57.9 cm³/mol. The number of nitrogens with two attached hydrogens (primary N) is 1. The monoisotopic (exact) mass is 215 g/mol. The fourth-order valence-electron chi connectivity index (χ4n) is 1.46. The van der Waals surface area contributed by atoms with E-state index < -0.39 is 0 Å². The van der Waals surface area contributed by atoms with Crippen molar-refractivity contribution in [2.45, 2.75) is 19.8 Å². The number of rotatable bonds is 4. The Balaban J connectivity index is 2.63. The van der Waals surface area contributed by atoms with Gasteiger partial charge < -0.3 is 5.73 Å². The number of halogens is 2. The molecule has 1 unspecified atom stereocenters. The molecule has 14 heavy (non-hydrogen) atoms. The summed E-state index contributed by atoms with van der Waals surface area (Å²) >= 11 is 5.58. The van der Waals surface area contributed by atoms with Gasteiger partial charge in [-0.2, -0.15) is 0 Å². The lowest BCUT2D eigenvalue weighted by Gasteiger charge is -2.09. The van der Waals surface area contributed by atoms with Gasteiger partial charge in [-0.3, -0.25) is 0 Å². The summed E-state index contributed by atoms with van der Waals surface area (Å²) in [5.41, 5.74) is 6.42. The van der Waals surface area contributed by atoms with Crippen molar-refractivity contribution in [1.29, 1.82) is 0 Å². The smallest absolute Gasteiger partial charge is 0.142 e. The summed E-state index contributed by atoms with van der Waals surface area (Å²) in [5.74, 6) is 0.143. The third-order valence-corrected chi connectivity index (χ3v) is 2.53. The summed E-state index contributed by atoms with van der Waals surface area (Å²) in [6, 6.07) is 4.95. The summed E-state index contributed by atoms with van der Waals surface area (Å²) in [6.07, 6.45) is 1.82. The molecule has 0 fully saturated rings. The highest BCUT2D eigenvalue weighted by Crippen LogP contribution is 2.18. The average molecular weight is 216 g/mol. The van der Waals surface area contributed by atoms with Crippen LogP contribution in [-0.4, -0.2) is 6.54 Å². The summed E-state index contributed by atoms with van der Waals surface area (Å²) in [5, 5.41) is 0.181. The lowest BCUT2D eigenvalue weighted by molar-refractivity contribution is 0.535. The van der Waals surface area contributed by atoms with Gasteiger partial charge in [0, 0.05) is 0 Å². The van der Waals surface area contributed by atoms with Gasteiger partial charge in [0.1, 0.15) is 5.82 Å². The maximum Gasteiger partial charge on any atom is 0.142 e. The average Bonchev–Trinajstić information content (AvgIpc) is 2.12. The normalized spacial score (nSPS) is 12.9. The highest BCUT2D eigenvalue weighted by Gasteiger charge is 2.05. The van der Waals surface area contributed by atoms with Crippen LogP contribution in [0.4, 0.5) is 4.39 Å². The van der Waals surface area contributed by atoms with Crippen LogP contribution in [0.25, 0.3) is 0 Å². The molecule has 0 aliphatic carbocycles. The lowest BCUT2D eigenvalue weighted by atomic mass is 9.98. The molecule has 1 aromatic carbocycles. The van der Waals surface area contributed by atoms with Crippen molar-refractivity contribution < 1.29 is 4.39 Å². The van der Waals surface area contributed by atoms with E-state index in [-0.39, 0.29) is 10.8 Å². The van der Waals surface area contributed by atoms with Crippen LogP contribution in [0.3, 0.4) is 0 Å². The van der Waals surface area contributed by atoms with E-state index >= 15 is 0 Å². The van der Waals surface area contributed by atoms with Crippen molar-refractivity contribution in [2.75, 3.05) is 6.54 Å². The van der Waals surface area contributed by atoms with Crippen LogP contribution >= 0.6 is 11.6 Å². The van der Waals surface area contributed by atoms with Gasteiger partial charge in [-0.25, -0.2) is 4.39 Å². The van der Waals surface area contributed by atoms with Gasteiger partial charge in [-0.15, -0.1) is 0 Å². The Morgan fingerprint density at radius 2 is 2.21 bits per heavy atom. The van der Waals surface area contributed by atoms with Gasteiger partial charge in [-0.05, 0) is 43.0 Å². The standard InChI is InChI=1S/C11H15ClFN/c1-8(4-5-14)6-9-2-3-10(12)11(13)7-9/h2-3,7-8H,4-6,14H2,1H3. The molecule has 1 rings (SSSR count). The number of hydrogen-bond donors (Lipinski definition) is 1. The molecule has 0 amide bonds. The first-order chi connectivity index (χ1) is 6.63. The minimum absolute atomic E-state index is 0.181. The molecule has 0 saturated carbocycles. The van der Waals surface area contributed by atoms with Crippen LogP contribution in [0, 0.1) is 11.7 Å². The molecule has 0 aliphatic heterocycles. The zero-order valence-corrected chi connectivity index (χ0v) is 9.02. The van der Waals surface area contributed by atoms with Gasteiger partial charge >= 0.3 is 0 Å². The molecule has 2 N–H and O–H groups in total. The topological polar surface area (TPSA) is 26.0 Å². The van der Waals surface area contributed by atoms with Crippen LogP contribution in [0.5, 0.6) is 0 Å². The van der Waals surface area contributed by atoms with Crippen LogP contribution in [0.1, 0.15) is 18.9 Å². The Bertz CT molecular complexity index is 301. The van der Waals surface area contributed by atoms with Crippen molar-refractivity contribution >= 4 is 11.6 Å². The molecule has 0 spiro atoms. The highest BCUT2D eigenvalue weighted by atomic mass is 35.5. The quantitative estimate of drug-likeness (QED) is 0.821. The van der Waals surface area contributed by atoms with Gasteiger partial charge in [0.05, 0.1) is 5.02 Å². The minimum Gasteiger partial charge on any atom is -0.330 e. The third kappa shape index (κ3) is 3.28. The second-order valence-electron chi connectivity index (χ2n) is 3.64. The Morgan fingerprint density at radius 3 is 2.79 bits per heavy atom. The molecule has 1 atom stereocenters. The Hall–Kier alpha value is -0.600. The molecule has 0 radical (unpaired) electrons. The fraction of sp³-hybridized carbons (Fsp3) is 0.455. The zero-order valence-electron chi connectivity index (χ0n) is 8.26. The van der Waals surface area contributed by atoms with Crippen LogP contribution in [0.2, 0.25) is 5.02 Å². The molecule has 0 aromatic heterocycles. The van der Waals surface area contributed by atoms with Crippen molar-refractivity contribution in [2.24, 2.45) is 11.7 Å². The first-order valence-corrected chi connectivity index (χ1v) is 5.15. The Labute approximate surface area is 89.1 Å². The first kappa shape index (κ1) is 11.5. The molecular formula is C11H15ClFN. The largest absolute Gasteiger partial charge is 0.330 e. The van der Waals surface area contributed by atoms with E-state index in [9.17, 15) is 4.39 Å². The van der Waals surface area contributed by atoms with E-state index in [4.69, 9.17) is 17.3 Å². The van der Waals surface area contributed by atoms with E-state index in [1.165, 1.54) is 6.07 Å². The highest BCUT2D eigenvalue weighted by molar-refractivity contribution is 6.30. The van der Waals surface area contributed by atoms with Crippen molar-refractivity contribution in [1.82, 2.24) is 0 Å². The maximum atomic E-state index is 13.1. The summed E-state index contributed by atoms with van der Waals surface area (Å²) in [4.78, 5) is 0. The fourth-order valence-corrected chi connectivity index (χ4v) is 1.57. The molecular weight excluding hydrogens is 201 g/mol. The van der Waals surface area contributed by atoms with Crippen molar-refractivity contribution in [3.8, 4) is 0 Å². The molecule has 0 bridgehead atoms. The molecule has 1 nitrogen and oxygen atoms in total. The number of benzene rings is 1. The van der Waals surface area contributed by atoms with Gasteiger partial charge in [-0.1, -0.05) is 24.6 Å². The summed E-state index contributed by atoms with van der Waals surface area (Å²) in [6.45, 7) is 2.79. The molecule has 0 heterocycles. The molecule has 0 saturated heterocycles. The van der Waals surface area contributed by atoms with E-state index in [0.29, 0.717) is 12.5 Å². The van der Waals surface area contributed by atoms with Crippen molar-refractivity contribution in [3.63, 3.8) is 0 Å². The van der Waals surface area contributed by atoms with Gasteiger partial charge in [0.15, 0.2) is 0 Å². The summed E-state index contributed by atoms with van der Waals surface area (Å²) < 4.78 is 13.1. The zero-order chi connectivity index (χ0) is 10.6. The molecule has 1 aromatic rings. The lowest BCUT2D eigenvalue weighted by Crippen LogP contribution is -2.08. The van der Waals surface area contributed by atoms with E-state index in [0.717, 1.165) is 18.4 Å². The molecule has 3 heteroatoms. The van der Waals surface area contributed by atoms with Gasteiger partial charge in [0.2, 0.25) is 0 Å². The second-order valence-corrected chi connectivity index (χ2v) is 4.04. The predicted octanol–water partition coefficient (Wildman–Crippen LogP) is 3.01. The van der Waals surface area contributed by atoms with Crippen LogP contribution in [-0.2, 0) is 6.42 Å². The minimum atomic E-state index is -0.343. The summed E-state index contributed by atoms with van der Waals surface area (Å²) in [7, 11) is 0. The third-order valence-electron chi connectivity index (χ3n) is 2.23. The maximum absolute atomic E-state index is 13.1.